The Morgan fingerprint density at radius 2 is 2.22 bits per heavy atom. The van der Waals surface area contributed by atoms with Crippen molar-refractivity contribution in [1.29, 1.82) is 0 Å². The lowest BCUT2D eigenvalue weighted by Crippen LogP contribution is -2.18. The molecule has 4 nitrogen and oxygen atoms in total. The second-order valence-electron chi connectivity index (χ2n) is 4.12. The lowest BCUT2D eigenvalue weighted by atomic mass is 10.2. The van der Waals surface area contributed by atoms with Crippen LogP contribution in [0.5, 0.6) is 0 Å². The molecule has 0 saturated carbocycles. The van der Waals surface area contributed by atoms with Crippen LogP contribution in [0.3, 0.4) is 0 Å². The fourth-order valence-corrected chi connectivity index (χ4v) is 2.45. The van der Waals surface area contributed by atoms with E-state index >= 15 is 0 Å². The van der Waals surface area contributed by atoms with Crippen molar-refractivity contribution in [1.82, 2.24) is 19.9 Å². The van der Waals surface area contributed by atoms with Crippen LogP contribution in [0.1, 0.15) is 25.6 Å². The molecule has 5 heteroatoms. The predicted molar refractivity (Wildman–Crippen MR) is 73.7 cm³/mol. The highest BCUT2D eigenvalue weighted by molar-refractivity contribution is 7.99. The highest BCUT2D eigenvalue weighted by atomic mass is 32.2. The Kier molecular flexibility index (Phi) is 4.38. The molecule has 0 aliphatic carbocycles. The molecular weight excluding hydrogens is 244 g/mol. The van der Waals surface area contributed by atoms with Crippen molar-refractivity contribution in [2.24, 2.45) is 7.05 Å². The fourth-order valence-electron chi connectivity index (χ4n) is 1.67. The van der Waals surface area contributed by atoms with Crippen molar-refractivity contribution < 1.29 is 0 Å². The van der Waals surface area contributed by atoms with Crippen molar-refractivity contribution in [3.8, 4) is 0 Å². The van der Waals surface area contributed by atoms with E-state index in [0.29, 0.717) is 6.04 Å². The van der Waals surface area contributed by atoms with Crippen LogP contribution in [0.4, 0.5) is 0 Å². The Morgan fingerprint density at radius 1 is 1.39 bits per heavy atom. The lowest BCUT2D eigenvalue weighted by Gasteiger charge is -2.11. The monoisotopic (exact) mass is 262 g/mol. The molecule has 0 amide bonds. The zero-order valence-corrected chi connectivity index (χ0v) is 11.7. The summed E-state index contributed by atoms with van der Waals surface area (Å²) in [7, 11) is 1.99. The molecule has 2 heterocycles. The molecule has 96 valence electrons. The van der Waals surface area contributed by atoms with Gasteiger partial charge in [-0.05, 0) is 25.6 Å². The Morgan fingerprint density at radius 3 is 2.78 bits per heavy atom. The molecule has 0 spiro atoms. The molecule has 0 aliphatic rings. The molecule has 0 saturated heterocycles. The molecule has 0 radical (unpaired) electrons. The van der Waals surface area contributed by atoms with Crippen molar-refractivity contribution >= 4 is 11.8 Å². The summed E-state index contributed by atoms with van der Waals surface area (Å²) in [5.41, 5.74) is 1.07. The maximum absolute atomic E-state index is 4.49. The predicted octanol–water partition coefficient (Wildman–Crippen LogP) is 2.64. The molecule has 0 fully saturated rings. The third-order valence-corrected chi connectivity index (χ3v) is 3.75. The maximum Gasteiger partial charge on any atom is 0.172 e. The van der Waals surface area contributed by atoms with Crippen LogP contribution in [-0.2, 0) is 7.05 Å². The van der Waals surface area contributed by atoms with Gasteiger partial charge in [-0.15, -0.1) is 0 Å². The van der Waals surface area contributed by atoms with Crippen molar-refractivity contribution in [3.63, 3.8) is 0 Å². The highest BCUT2D eigenvalue weighted by Gasteiger charge is 2.06. The average Bonchev–Trinajstić information content (AvgIpc) is 2.76. The van der Waals surface area contributed by atoms with Gasteiger partial charge >= 0.3 is 0 Å². The van der Waals surface area contributed by atoms with Gasteiger partial charge in [0.05, 0.1) is 5.69 Å². The van der Waals surface area contributed by atoms with Crippen molar-refractivity contribution in [3.05, 3.63) is 36.4 Å². The minimum Gasteiger partial charge on any atom is -0.329 e. The van der Waals surface area contributed by atoms with Gasteiger partial charge in [0, 0.05) is 36.6 Å². The summed E-state index contributed by atoms with van der Waals surface area (Å²) in [6, 6.07) is 4.45. The standard InChI is InChI=1S/C13H18N4S/c1-4-14-10(2)12-6-5-11(9-16-12)18-13-15-7-8-17(13)3/h5-10,14H,4H2,1-3H3. The number of nitrogens with one attached hydrogen (secondary N) is 1. The minimum atomic E-state index is 0.294. The van der Waals surface area contributed by atoms with E-state index in [2.05, 4.69) is 41.3 Å². The Balaban J connectivity index is 2.06. The van der Waals surface area contributed by atoms with Crippen LogP contribution >= 0.6 is 11.8 Å². The van der Waals surface area contributed by atoms with Crippen molar-refractivity contribution in [2.75, 3.05) is 6.54 Å². The van der Waals surface area contributed by atoms with Crippen LogP contribution in [-0.4, -0.2) is 21.1 Å². The molecule has 2 aromatic rings. The van der Waals surface area contributed by atoms with Crippen LogP contribution < -0.4 is 5.32 Å². The summed E-state index contributed by atoms with van der Waals surface area (Å²) in [5, 5.41) is 4.33. The number of aryl methyl sites for hydroxylation is 1. The first-order chi connectivity index (χ1) is 8.70. The zero-order chi connectivity index (χ0) is 13.0. The zero-order valence-electron chi connectivity index (χ0n) is 10.9. The van der Waals surface area contributed by atoms with E-state index in [1.165, 1.54) is 0 Å². The van der Waals surface area contributed by atoms with E-state index in [1.807, 2.05) is 24.0 Å². The van der Waals surface area contributed by atoms with Gasteiger partial charge in [-0.1, -0.05) is 18.7 Å². The summed E-state index contributed by atoms with van der Waals surface area (Å²) < 4.78 is 2.00. The molecule has 0 bridgehead atoms. The van der Waals surface area contributed by atoms with Gasteiger partial charge < -0.3 is 9.88 Å². The number of rotatable bonds is 5. The molecule has 2 aromatic heterocycles. The lowest BCUT2D eigenvalue weighted by molar-refractivity contribution is 0.582. The largest absolute Gasteiger partial charge is 0.329 e. The van der Waals surface area contributed by atoms with Crippen LogP contribution in [0.2, 0.25) is 0 Å². The summed E-state index contributed by atoms with van der Waals surface area (Å²) in [6.45, 7) is 5.17. The number of hydrogen-bond donors (Lipinski definition) is 1. The SMILES string of the molecule is CCNC(C)c1ccc(Sc2nccn2C)cn1. The second kappa shape index (κ2) is 6.02. The van der Waals surface area contributed by atoms with Gasteiger partial charge in [-0.3, -0.25) is 4.98 Å². The maximum atomic E-state index is 4.49. The summed E-state index contributed by atoms with van der Waals surface area (Å²) >= 11 is 1.62. The number of aromatic nitrogens is 3. The van der Waals surface area contributed by atoms with E-state index in [0.717, 1.165) is 22.3 Å². The van der Waals surface area contributed by atoms with Crippen LogP contribution in [0.25, 0.3) is 0 Å². The van der Waals surface area contributed by atoms with Crippen LogP contribution in [0.15, 0.2) is 40.8 Å². The third kappa shape index (κ3) is 3.11. The smallest absolute Gasteiger partial charge is 0.172 e. The van der Waals surface area contributed by atoms with Gasteiger partial charge in [0.1, 0.15) is 0 Å². The Hall–Kier alpha value is -1.33. The minimum absolute atomic E-state index is 0.294. The number of pyridine rings is 1. The number of hydrogen-bond acceptors (Lipinski definition) is 4. The van der Waals surface area contributed by atoms with Crippen molar-refractivity contribution in [2.45, 2.75) is 29.9 Å². The molecule has 1 atom stereocenters. The summed E-state index contributed by atoms with van der Waals surface area (Å²) in [6.07, 6.45) is 5.65. The number of nitrogens with zero attached hydrogens (tertiary/aromatic N) is 3. The molecule has 1 unspecified atom stereocenters. The van der Waals surface area contributed by atoms with Gasteiger partial charge in [0.25, 0.3) is 0 Å². The van der Waals surface area contributed by atoms with Gasteiger partial charge in [-0.25, -0.2) is 4.98 Å². The van der Waals surface area contributed by atoms with E-state index in [-0.39, 0.29) is 0 Å². The topological polar surface area (TPSA) is 42.7 Å². The summed E-state index contributed by atoms with van der Waals surface area (Å²) in [4.78, 5) is 9.88. The van der Waals surface area contributed by atoms with E-state index in [4.69, 9.17) is 0 Å². The molecular formula is C13H18N4S. The van der Waals surface area contributed by atoms with Gasteiger partial charge in [-0.2, -0.15) is 0 Å². The average molecular weight is 262 g/mol. The first-order valence-electron chi connectivity index (χ1n) is 6.05. The van der Waals surface area contributed by atoms with E-state index in [9.17, 15) is 0 Å². The Bertz CT molecular complexity index is 492. The summed E-state index contributed by atoms with van der Waals surface area (Å²) in [5.74, 6) is 0. The third-order valence-electron chi connectivity index (χ3n) is 2.70. The molecule has 1 N–H and O–H groups in total. The van der Waals surface area contributed by atoms with Gasteiger partial charge in [0.2, 0.25) is 0 Å². The number of imidazole rings is 1. The van der Waals surface area contributed by atoms with E-state index in [1.54, 1.807) is 18.0 Å². The molecule has 2 rings (SSSR count). The first kappa shape index (κ1) is 13.1. The molecule has 0 aromatic carbocycles. The second-order valence-corrected chi connectivity index (χ2v) is 5.16. The Labute approximate surface area is 112 Å². The van der Waals surface area contributed by atoms with Gasteiger partial charge in [0.15, 0.2) is 5.16 Å². The van der Waals surface area contributed by atoms with Crippen LogP contribution in [0, 0.1) is 0 Å². The highest BCUT2D eigenvalue weighted by Crippen LogP contribution is 2.25. The molecule has 18 heavy (non-hydrogen) atoms. The quantitative estimate of drug-likeness (QED) is 0.899. The molecule has 0 aliphatic heterocycles. The van der Waals surface area contributed by atoms with E-state index < -0.39 is 0 Å². The fraction of sp³-hybridized carbons (Fsp3) is 0.385. The first-order valence-corrected chi connectivity index (χ1v) is 6.87. The normalized spacial score (nSPS) is 12.6.